The van der Waals surface area contributed by atoms with Gasteiger partial charge in [-0.1, -0.05) is 54.2 Å². The maximum absolute atomic E-state index is 12.4. The van der Waals surface area contributed by atoms with Gasteiger partial charge in [0.15, 0.2) is 0 Å². The zero-order chi connectivity index (χ0) is 27.1. The van der Waals surface area contributed by atoms with E-state index in [0.717, 1.165) is 39.5 Å². The number of hydrogen-bond acceptors (Lipinski definition) is 6. The molecule has 0 fully saturated rings. The minimum absolute atomic E-state index is 0.0850. The van der Waals surface area contributed by atoms with Crippen LogP contribution in [0.1, 0.15) is 33.8 Å². The number of nitrogens with zero attached hydrogens (tertiary/aromatic N) is 4. The highest BCUT2D eigenvalue weighted by Crippen LogP contribution is 2.25. The van der Waals surface area contributed by atoms with Gasteiger partial charge in [-0.05, 0) is 61.7 Å². The van der Waals surface area contributed by atoms with Gasteiger partial charge in [-0.2, -0.15) is 10.4 Å². The number of aryl methyl sites for hydroxylation is 2. The van der Waals surface area contributed by atoms with Crippen molar-refractivity contribution in [3.05, 3.63) is 101 Å². The van der Waals surface area contributed by atoms with Crippen LogP contribution in [0.15, 0.2) is 76.9 Å². The molecule has 2 heterocycles. The summed E-state index contributed by atoms with van der Waals surface area (Å²) < 4.78 is 7.35. The van der Waals surface area contributed by atoms with E-state index in [1.165, 1.54) is 17.3 Å². The van der Waals surface area contributed by atoms with Crippen LogP contribution in [0.4, 0.5) is 0 Å². The first-order valence-electron chi connectivity index (χ1n) is 12.1. The van der Waals surface area contributed by atoms with Crippen LogP contribution >= 0.6 is 11.8 Å². The number of thioether (sulfide) groups is 1. The molecule has 0 bridgehead atoms. The lowest BCUT2D eigenvalue weighted by Crippen LogP contribution is -2.20. The number of nitriles is 1. The fourth-order valence-corrected chi connectivity index (χ4v) is 5.15. The summed E-state index contributed by atoms with van der Waals surface area (Å²) in [6, 6.07) is 24.8. The van der Waals surface area contributed by atoms with Crippen molar-refractivity contribution in [2.24, 2.45) is 5.10 Å². The minimum Gasteiger partial charge on any atom is -0.380 e. The van der Waals surface area contributed by atoms with Crippen molar-refractivity contribution in [3.63, 3.8) is 0 Å². The summed E-state index contributed by atoms with van der Waals surface area (Å²) in [6.07, 6.45) is 1.65. The molecule has 0 aliphatic carbocycles. The van der Waals surface area contributed by atoms with E-state index in [-0.39, 0.29) is 11.7 Å². The molecule has 1 amide bonds. The Labute approximate surface area is 227 Å². The summed E-state index contributed by atoms with van der Waals surface area (Å²) in [6.45, 7) is 6.24. The lowest BCUT2D eigenvalue weighted by atomic mass is 10.1. The van der Waals surface area contributed by atoms with Gasteiger partial charge >= 0.3 is 0 Å². The Morgan fingerprint density at radius 1 is 1.11 bits per heavy atom. The van der Waals surface area contributed by atoms with E-state index in [9.17, 15) is 10.1 Å². The van der Waals surface area contributed by atoms with Gasteiger partial charge in [0.25, 0.3) is 0 Å². The number of pyridine rings is 1. The zero-order valence-corrected chi connectivity index (χ0v) is 22.7. The summed E-state index contributed by atoms with van der Waals surface area (Å²) in [7, 11) is 1.58. The third kappa shape index (κ3) is 6.20. The van der Waals surface area contributed by atoms with Gasteiger partial charge in [0, 0.05) is 35.4 Å². The molecule has 0 aliphatic rings. The summed E-state index contributed by atoms with van der Waals surface area (Å²) in [4.78, 5) is 16.9. The smallest absolute Gasteiger partial charge is 0.250 e. The van der Waals surface area contributed by atoms with Gasteiger partial charge < -0.3 is 9.30 Å². The van der Waals surface area contributed by atoms with E-state index < -0.39 is 0 Å². The van der Waals surface area contributed by atoms with Crippen molar-refractivity contribution in [3.8, 4) is 22.9 Å². The van der Waals surface area contributed by atoms with Crippen LogP contribution in [0.2, 0.25) is 0 Å². The Morgan fingerprint density at radius 3 is 2.50 bits per heavy atom. The van der Waals surface area contributed by atoms with Crippen molar-refractivity contribution < 1.29 is 9.53 Å². The highest BCUT2D eigenvalue weighted by atomic mass is 32.2. The Morgan fingerprint density at radius 2 is 1.82 bits per heavy atom. The lowest BCUT2D eigenvalue weighted by Gasteiger charge is -2.11. The Bertz CT molecular complexity index is 1500. The molecule has 4 rings (SSSR count). The van der Waals surface area contributed by atoms with Gasteiger partial charge in [0.1, 0.15) is 11.1 Å². The van der Waals surface area contributed by atoms with Crippen molar-refractivity contribution in [2.75, 3.05) is 12.9 Å². The van der Waals surface area contributed by atoms with Gasteiger partial charge in [-0.25, -0.2) is 10.4 Å². The Kier molecular flexibility index (Phi) is 8.74. The molecule has 38 heavy (non-hydrogen) atoms. The maximum Gasteiger partial charge on any atom is 0.250 e. The van der Waals surface area contributed by atoms with Gasteiger partial charge in [0.2, 0.25) is 5.91 Å². The van der Waals surface area contributed by atoms with E-state index in [2.05, 4.69) is 62.5 Å². The SMILES string of the molecule is COCc1cc(C)nc(SCC(=O)N/N=C\c2cc(C)n(-c3ccc(-c4ccccc4)cc3)c2C)c1C#N. The number of carbonyl (C=O) groups excluding carboxylic acids is 1. The topological polar surface area (TPSA) is 92.3 Å². The summed E-state index contributed by atoms with van der Waals surface area (Å²) in [5.41, 5.74) is 11.0. The first-order valence-corrected chi connectivity index (χ1v) is 13.1. The molecular weight excluding hydrogens is 494 g/mol. The molecule has 0 saturated heterocycles. The number of nitrogens with one attached hydrogen (secondary N) is 1. The number of hydrazone groups is 1. The van der Waals surface area contributed by atoms with Crippen molar-refractivity contribution in [2.45, 2.75) is 32.4 Å². The number of aromatic nitrogens is 2. The molecule has 0 saturated carbocycles. The predicted molar refractivity (Wildman–Crippen MR) is 152 cm³/mol. The molecule has 8 heteroatoms. The molecule has 2 aromatic carbocycles. The highest BCUT2D eigenvalue weighted by molar-refractivity contribution is 8.00. The highest BCUT2D eigenvalue weighted by Gasteiger charge is 2.14. The number of carbonyl (C=O) groups is 1. The molecular formula is C30H29N5O2S. The Hall–Kier alpha value is -4.19. The second kappa shape index (κ2) is 12.4. The summed E-state index contributed by atoms with van der Waals surface area (Å²) in [5.74, 6) is -0.196. The average molecular weight is 524 g/mol. The number of methoxy groups -OCH3 is 1. The molecule has 1 N–H and O–H groups in total. The van der Waals surface area contributed by atoms with Gasteiger partial charge in [-0.3, -0.25) is 4.79 Å². The first-order chi connectivity index (χ1) is 18.4. The standard InChI is InChI=1S/C30H29N5O2S/c1-20-14-26(18-37-4)28(16-31)30(33-20)38-19-29(36)34-32-17-25-15-21(2)35(22(25)3)27-12-10-24(11-13-27)23-8-6-5-7-9-23/h5-15,17H,18-19H2,1-4H3,(H,34,36)/b32-17-. The van der Waals surface area contributed by atoms with Crippen LogP contribution in [0.5, 0.6) is 0 Å². The number of rotatable bonds is 9. The fraction of sp³-hybridized carbons (Fsp3) is 0.200. The molecule has 0 unspecified atom stereocenters. The van der Waals surface area contributed by atoms with Crippen LogP contribution < -0.4 is 5.43 Å². The number of ether oxygens (including phenoxy) is 1. The minimum atomic E-state index is -0.281. The normalized spacial score (nSPS) is 11.0. The maximum atomic E-state index is 12.4. The van der Waals surface area contributed by atoms with Crippen LogP contribution in [-0.4, -0.2) is 34.5 Å². The molecule has 4 aromatic rings. The third-order valence-corrected chi connectivity index (χ3v) is 7.02. The molecule has 0 spiro atoms. The molecule has 7 nitrogen and oxygen atoms in total. The van der Waals surface area contributed by atoms with Crippen LogP contribution in [0.25, 0.3) is 16.8 Å². The molecule has 0 radical (unpaired) electrons. The van der Waals surface area contributed by atoms with E-state index in [0.29, 0.717) is 17.2 Å². The second-order valence-corrected chi connectivity index (χ2v) is 9.77. The monoisotopic (exact) mass is 523 g/mol. The van der Waals surface area contributed by atoms with Gasteiger partial charge in [-0.15, -0.1) is 0 Å². The molecule has 192 valence electrons. The first kappa shape index (κ1) is 26.9. The summed E-state index contributed by atoms with van der Waals surface area (Å²) in [5, 5.41) is 14.2. The number of hydrogen-bond donors (Lipinski definition) is 1. The van der Waals surface area contributed by atoms with Crippen LogP contribution in [0.3, 0.4) is 0 Å². The average Bonchev–Trinajstić information content (AvgIpc) is 3.20. The van der Waals surface area contributed by atoms with E-state index in [1.54, 1.807) is 13.3 Å². The second-order valence-electron chi connectivity index (χ2n) is 8.80. The van der Waals surface area contributed by atoms with Crippen LogP contribution in [0, 0.1) is 32.1 Å². The lowest BCUT2D eigenvalue weighted by molar-refractivity contribution is -0.118. The largest absolute Gasteiger partial charge is 0.380 e. The van der Waals surface area contributed by atoms with Crippen LogP contribution in [-0.2, 0) is 16.1 Å². The zero-order valence-electron chi connectivity index (χ0n) is 21.9. The molecule has 0 atom stereocenters. The number of amides is 1. The number of benzene rings is 2. The quantitative estimate of drug-likeness (QED) is 0.172. The van der Waals surface area contributed by atoms with E-state index in [1.807, 2.05) is 51.1 Å². The van der Waals surface area contributed by atoms with Gasteiger partial charge in [0.05, 0.1) is 24.1 Å². The van der Waals surface area contributed by atoms with Crippen molar-refractivity contribution in [1.82, 2.24) is 15.0 Å². The summed E-state index contributed by atoms with van der Waals surface area (Å²) >= 11 is 1.21. The molecule has 0 aliphatic heterocycles. The third-order valence-electron chi connectivity index (χ3n) is 6.04. The van der Waals surface area contributed by atoms with E-state index >= 15 is 0 Å². The molecule has 2 aromatic heterocycles. The fourth-order valence-electron chi connectivity index (χ4n) is 4.29. The Balaban J connectivity index is 1.41. The van der Waals surface area contributed by atoms with E-state index in [4.69, 9.17) is 4.74 Å². The van der Waals surface area contributed by atoms with Crippen molar-refractivity contribution in [1.29, 1.82) is 5.26 Å². The predicted octanol–water partition coefficient (Wildman–Crippen LogP) is 5.73. The van der Waals surface area contributed by atoms with Crippen molar-refractivity contribution >= 4 is 23.9 Å².